The van der Waals surface area contributed by atoms with Crippen LogP contribution < -0.4 is 0 Å². The Balaban J connectivity index is 3.08. The van der Waals surface area contributed by atoms with Crippen LogP contribution in [0.1, 0.15) is 33.6 Å². The van der Waals surface area contributed by atoms with E-state index in [9.17, 15) is 24.3 Å². The lowest BCUT2D eigenvalue weighted by Gasteiger charge is -2.35. The zero-order valence-electron chi connectivity index (χ0n) is 12.6. The van der Waals surface area contributed by atoms with Crippen molar-refractivity contribution in [2.75, 3.05) is 0 Å². The Labute approximate surface area is 127 Å². The van der Waals surface area contributed by atoms with Crippen molar-refractivity contribution in [2.24, 2.45) is 23.7 Å². The van der Waals surface area contributed by atoms with Crippen molar-refractivity contribution in [3.05, 3.63) is 0 Å². The van der Waals surface area contributed by atoms with Crippen LogP contribution in [-0.2, 0) is 23.9 Å². The predicted molar refractivity (Wildman–Crippen MR) is 71.9 cm³/mol. The molecule has 0 heterocycles. The van der Waals surface area contributed by atoms with Gasteiger partial charge in [0.2, 0.25) is 0 Å². The van der Waals surface area contributed by atoms with Crippen LogP contribution in [0.25, 0.3) is 0 Å². The Kier molecular flexibility index (Phi) is 5.16. The molecule has 0 saturated heterocycles. The molecule has 0 aromatic rings. The molecule has 0 aliphatic heterocycles. The molecule has 8 heteroatoms. The minimum atomic E-state index is -1.37. The van der Waals surface area contributed by atoms with Crippen molar-refractivity contribution in [3.8, 4) is 0 Å². The van der Waals surface area contributed by atoms with Crippen LogP contribution in [0.4, 0.5) is 0 Å². The first-order chi connectivity index (χ1) is 9.94. The van der Waals surface area contributed by atoms with E-state index in [0.29, 0.717) is 0 Å². The van der Waals surface area contributed by atoms with Gasteiger partial charge in [-0.05, 0) is 33.6 Å². The number of rotatable bonds is 4. The second kappa shape index (κ2) is 6.33. The summed E-state index contributed by atoms with van der Waals surface area (Å²) < 4.78 is 5.14. The number of carbonyl (C=O) groups is 4. The third-order valence-electron chi connectivity index (χ3n) is 3.65. The van der Waals surface area contributed by atoms with Crippen LogP contribution in [0.5, 0.6) is 0 Å². The quantitative estimate of drug-likeness (QED) is 0.648. The first kappa shape index (κ1) is 17.9. The maximum absolute atomic E-state index is 12.1. The van der Waals surface area contributed by atoms with E-state index in [2.05, 4.69) is 0 Å². The summed E-state index contributed by atoms with van der Waals surface area (Å²) in [4.78, 5) is 45.9. The first-order valence-electron chi connectivity index (χ1n) is 6.85. The zero-order valence-corrected chi connectivity index (χ0v) is 12.6. The SMILES string of the molecule is CC(C)(C)OC(=O)C1CC(C(=O)O)C(C(=O)O)CC1C(=O)O. The van der Waals surface area contributed by atoms with Gasteiger partial charge in [-0.25, -0.2) is 0 Å². The van der Waals surface area contributed by atoms with Crippen molar-refractivity contribution >= 4 is 23.9 Å². The van der Waals surface area contributed by atoms with Crippen molar-refractivity contribution in [1.29, 1.82) is 0 Å². The summed E-state index contributed by atoms with van der Waals surface area (Å²) in [5.74, 6) is -9.96. The maximum Gasteiger partial charge on any atom is 0.310 e. The van der Waals surface area contributed by atoms with Gasteiger partial charge < -0.3 is 20.1 Å². The lowest BCUT2D eigenvalue weighted by Crippen LogP contribution is -2.46. The second-order valence-corrected chi connectivity index (χ2v) is 6.45. The van der Waals surface area contributed by atoms with Crippen molar-refractivity contribution in [2.45, 2.75) is 39.2 Å². The summed E-state index contributed by atoms with van der Waals surface area (Å²) in [7, 11) is 0. The van der Waals surface area contributed by atoms with Crippen LogP contribution in [0.15, 0.2) is 0 Å². The van der Waals surface area contributed by atoms with E-state index in [-0.39, 0.29) is 6.42 Å². The molecular weight excluding hydrogens is 296 g/mol. The van der Waals surface area contributed by atoms with Gasteiger partial charge in [0, 0.05) is 0 Å². The number of aliphatic carboxylic acids is 3. The van der Waals surface area contributed by atoms with Crippen LogP contribution >= 0.6 is 0 Å². The van der Waals surface area contributed by atoms with E-state index in [4.69, 9.17) is 14.9 Å². The van der Waals surface area contributed by atoms with Gasteiger partial charge in [-0.15, -0.1) is 0 Å². The highest BCUT2D eigenvalue weighted by Crippen LogP contribution is 2.40. The van der Waals surface area contributed by atoms with Gasteiger partial charge in [-0.2, -0.15) is 0 Å². The third-order valence-corrected chi connectivity index (χ3v) is 3.65. The second-order valence-electron chi connectivity index (χ2n) is 6.45. The molecule has 4 atom stereocenters. The molecule has 3 N–H and O–H groups in total. The fraction of sp³-hybridized carbons (Fsp3) is 0.714. The third kappa shape index (κ3) is 4.19. The molecule has 1 saturated carbocycles. The maximum atomic E-state index is 12.1. The summed E-state index contributed by atoms with van der Waals surface area (Å²) in [6.07, 6.45) is -0.774. The average molecular weight is 316 g/mol. The molecule has 0 aromatic carbocycles. The van der Waals surface area contributed by atoms with Gasteiger partial charge in [-0.1, -0.05) is 0 Å². The molecular formula is C14H20O8. The summed E-state index contributed by atoms with van der Waals surface area (Å²) in [6.45, 7) is 4.83. The van der Waals surface area contributed by atoms with Crippen LogP contribution in [-0.4, -0.2) is 44.8 Å². The molecule has 0 spiro atoms. The Morgan fingerprint density at radius 2 is 1.09 bits per heavy atom. The standard InChI is InChI=1S/C14H20O8/c1-14(2,3)22-13(21)9-5-7(11(17)18)6(10(15)16)4-8(9)12(19)20/h6-9H,4-5H2,1-3H3,(H,15,16)(H,17,18)(H,19,20). The fourth-order valence-electron chi connectivity index (χ4n) is 2.66. The largest absolute Gasteiger partial charge is 0.481 e. The Hall–Kier alpha value is -2.12. The highest BCUT2D eigenvalue weighted by molar-refractivity contribution is 5.86. The highest BCUT2D eigenvalue weighted by Gasteiger charge is 2.50. The Morgan fingerprint density at radius 3 is 1.41 bits per heavy atom. The minimum Gasteiger partial charge on any atom is -0.481 e. The van der Waals surface area contributed by atoms with E-state index < -0.39 is 59.6 Å². The molecule has 4 unspecified atom stereocenters. The molecule has 0 amide bonds. The van der Waals surface area contributed by atoms with Crippen LogP contribution in [0.2, 0.25) is 0 Å². The summed E-state index contributed by atoms with van der Waals surface area (Å²) >= 11 is 0. The molecule has 0 aromatic heterocycles. The van der Waals surface area contributed by atoms with Crippen LogP contribution in [0.3, 0.4) is 0 Å². The normalized spacial score (nSPS) is 28.7. The smallest absolute Gasteiger partial charge is 0.310 e. The molecule has 0 radical (unpaired) electrons. The number of carbonyl (C=O) groups excluding carboxylic acids is 1. The van der Waals surface area contributed by atoms with Gasteiger partial charge in [0.05, 0.1) is 23.7 Å². The summed E-state index contributed by atoms with van der Waals surface area (Å²) in [6, 6.07) is 0. The monoisotopic (exact) mass is 316 g/mol. The lowest BCUT2D eigenvalue weighted by atomic mass is 9.68. The molecule has 124 valence electrons. The summed E-state index contributed by atoms with van der Waals surface area (Å²) in [5.41, 5.74) is -0.845. The zero-order chi connectivity index (χ0) is 17.2. The number of hydrogen-bond donors (Lipinski definition) is 3. The van der Waals surface area contributed by atoms with Gasteiger partial charge in [0.25, 0.3) is 0 Å². The topological polar surface area (TPSA) is 138 Å². The van der Waals surface area contributed by atoms with Gasteiger partial charge in [0.1, 0.15) is 5.60 Å². The number of carboxylic acids is 3. The number of esters is 1. The van der Waals surface area contributed by atoms with Crippen molar-refractivity contribution in [3.63, 3.8) is 0 Å². The fourth-order valence-corrected chi connectivity index (χ4v) is 2.66. The predicted octanol–water partition coefficient (Wildman–Crippen LogP) is 0.840. The van der Waals surface area contributed by atoms with E-state index >= 15 is 0 Å². The molecule has 1 aliphatic carbocycles. The van der Waals surface area contributed by atoms with E-state index in [1.54, 1.807) is 20.8 Å². The molecule has 0 bridgehead atoms. The van der Waals surface area contributed by atoms with Crippen molar-refractivity contribution < 1.29 is 39.2 Å². The number of hydrogen-bond acceptors (Lipinski definition) is 5. The van der Waals surface area contributed by atoms with Crippen LogP contribution in [0, 0.1) is 23.7 Å². The minimum absolute atomic E-state index is 0.363. The van der Waals surface area contributed by atoms with E-state index in [1.807, 2.05) is 0 Å². The molecule has 1 rings (SSSR count). The average Bonchev–Trinajstić information content (AvgIpc) is 2.34. The Morgan fingerprint density at radius 1 is 0.773 bits per heavy atom. The van der Waals surface area contributed by atoms with E-state index in [0.717, 1.165) is 0 Å². The molecule has 22 heavy (non-hydrogen) atoms. The number of carboxylic acid groups (broad SMARTS) is 3. The lowest BCUT2D eigenvalue weighted by molar-refractivity contribution is -0.175. The summed E-state index contributed by atoms with van der Waals surface area (Å²) in [5, 5.41) is 27.5. The van der Waals surface area contributed by atoms with Gasteiger partial charge in [-0.3, -0.25) is 19.2 Å². The van der Waals surface area contributed by atoms with E-state index in [1.165, 1.54) is 0 Å². The Bertz CT molecular complexity index is 490. The highest BCUT2D eigenvalue weighted by atomic mass is 16.6. The molecule has 1 aliphatic rings. The number of ether oxygens (including phenoxy) is 1. The van der Waals surface area contributed by atoms with Crippen molar-refractivity contribution in [1.82, 2.24) is 0 Å². The molecule has 1 fully saturated rings. The molecule has 8 nitrogen and oxygen atoms in total. The first-order valence-corrected chi connectivity index (χ1v) is 6.85. The van der Waals surface area contributed by atoms with Gasteiger partial charge in [0.15, 0.2) is 0 Å². The van der Waals surface area contributed by atoms with Gasteiger partial charge >= 0.3 is 23.9 Å².